The van der Waals surface area contributed by atoms with Gasteiger partial charge < -0.3 is 8.83 Å². The van der Waals surface area contributed by atoms with Gasteiger partial charge in [0, 0.05) is 11.1 Å². The van der Waals surface area contributed by atoms with Crippen LogP contribution in [0.25, 0.3) is 45.1 Å². The first-order chi connectivity index (χ1) is 17.2. The van der Waals surface area contributed by atoms with E-state index in [9.17, 15) is 9.59 Å². The molecule has 0 aliphatic carbocycles. The van der Waals surface area contributed by atoms with Crippen molar-refractivity contribution >= 4 is 39.7 Å². The lowest BCUT2D eigenvalue weighted by atomic mass is 10.1. The maximum atomic E-state index is 13.4. The maximum absolute atomic E-state index is 13.4. The minimum Gasteiger partial charge on any atom is -0.436 e. The molecule has 0 bridgehead atoms. The summed E-state index contributed by atoms with van der Waals surface area (Å²) < 4.78 is 11.7. The summed E-state index contributed by atoms with van der Waals surface area (Å²) in [7, 11) is 0. The number of hydrogen-bond acceptors (Lipinski definition) is 6. The summed E-state index contributed by atoms with van der Waals surface area (Å²) in [5.41, 5.74) is 5.17. The number of nitrogens with zero attached hydrogens (tertiary/aromatic N) is 3. The van der Waals surface area contributed by atoms with Gasteiger partial charge >= 0.3 is 0 Å². The van der Waals surface area contributed by atoms with Gasteiger partial charge in [0.2, 0.25) is 11.8 Å². The van der Waals surface area contributed by atoms with Crippen LogP contribution in [-0.2, 0) is 0 Å². The van der Waals surface area contributed by atoms with E-state index in [0.29, 0.717) is 50.9 Å². The molecule has 0 N–H and O–H groups in total. The molecule has 35 heavy (non-hydrogen) atoms. The van der Waals surface area contributed by atoms with Gasteiger partial charge in [-0.1, -0.05) is 30.3 Å². The SMILES string of the molecule is O=C1c2ccc(-c3nc4ccccc4o3)cc2C(=O)N1c1cccc(-c2nc3ccccc3o2)c1. The third kappa shape index (κ3) is 2.99. The average molecular weight is 457 g/mol. The standard InChI is InChI=1S/C28H15N3O4/c32-27-19-13-12-17(26-30-22-9-2-4-11-24(22)35-26)15-20(19)28(33)31(27)18-7-5-6-16(14-18)25-29-21-8-1-3-10-23(21)34-25/h1-15H. The number of fused-ring (bicyclic) bond motifs is 3. The number of carbonyl (C=O) groups is 2. The molecule has 0 saturated heterocycles. The molecule has 0 atom stereocenters. The summed E-state index contributed by atoms with van der Waals surface area (Å²) in [5.74, 6) is 0.0232. The van der Waals surface area contributed by atoms with E-state index < -0.39 is 5.91 Å². The highest BCUT2D eigenvalue weighted by Gasteiger charge is 2.37. The van der Waals surface area contributed by atoms with Gasteiger partial charge in [0.1, 0.15) is 11.0 Å². The number of amides is 2. The molecule has 0 radical (unpaired) electrons. The van der Waals surface area contributed by atoms with Gasteiger partial charge in [-0.15, -0.1) is 0 Å². The third-order valence-corrected chi connectivity index (χ3v) is 6.07. The van der Waals surface area contributed by atoms with Gasteiger partial charge in [0.15, 0.2) is 11.2 Å². The molecule has 0 fully saturated rings. The fraction of sp³-hybridized carbons (Fsp3) is 0. The molecule has 6 aromatic rings. The summed E-state index contributed by atoms with van der Waals surface area (Å²) in [6.07, 6.45) is 0. The number of aromatic nitrogens is 2. The number of carbonyl (C=O) groups excluding carboxylic acids is 2. The van der Waals surface area contributed by atoms with Crippen LogP contribution in [0.15, 0.2) is 99.8 Å². The van der Waals surface area contributed by atoms with Crippen molar-refractivity contribution in [2.24, 2.45) is 0 Å². The van der Waals surface area contributed by atoms with Crippen LogP contribution in [0.1, 0.15) is 20.7 Å². The van der Waals surface area contributed by atoms with E-state index in [-0.39, 0.29) is 5.91 Å². The number of para-hydroxylation sites is 4. The minimum absolute atomic E-state index is 0.307. The average Bonchev–Trinajstić information content (AvgIpc) is 3.58. The molecule has 3 heterocycles. The van der Waals surface area contributed by atoms with E-state index in [1.54, 1.807) is 36.4 Å². The Hall–Kier alpha value is -5.04. The van der Waals surface area contributed by atoms with Gasteiger partial charge in [-0.05, 0) is 60.7 Å². The van der Waals surface area contributed by atoms with Gasteiger partial charge in [-0.3, -0.25) is 9.59 Å². The molecular formula is C28H15N3O4. The topological polar surface area (TPSA) is 89.4 Å². The number of hydrogen-bond donors (Lipinski definition) is 0. The lowest BCUT2D eigenvalue weighted by Crippen LogP contribution is -2.29. The number of imide groups is 1. The van der Waals surface area contributed by atoms with Crippen molar-refractivity contribution in [2.75, 3.05) is 4.90 Å². The van der Waals surface area contributed by atoms with Crippen LogP contribution in [-0.4, -0.2) is 21.8 Å². The Morgan fingerprint density at radius 3 is 1.83 bits per heavy atom. The Balaban J connectivity index is 1.26. The van der Waals surface area contributed by atoms with Crippen LogP contribution in [0, 0.1) is 0 Å². The normalized spacial score (nSPS) is 13.2. The molecule has 2 aromatic heterocycles. The molecule has 0 saturated carbocycles. The number of rotatable bonds is 3. The summed E-state index contributed by atoms with van der Waals surface area (Å²) in [6.45, 7) is 0. The summed E-state index contributed by atoms with van der Waals surface area (Å²) in [5, 5.41) is 0. The highest BCUT2D eigenvalue weighted by atomic mass is 16.4. The van der Waals surface area contributed by atoms with Gasteiger partial charge in [0.25, 0.3) is 11.8 Å². The summed E-state index contributed by atoms with van der Waals surface area (Å²) >= 11 is 0. The van der Waals surface area contributed by atoms with E-state index in [4.69, 9.17) is 8.83 Å². The largest absolute Gasteiger partial charge is 0.436 e. The Morgan fingerprint density at radius 2 is 1.17 bits per heavy atom. The number of oxazole rings is 2. The zero-order valence-corrected chi connectivity index (χ0v) is 18.1. The molecule has 2 amide bonds. The Kier molecular flexibility index (Phi) is 4.01. The monoisotopic (exact) mass is 457 g/mol. The van der Waals surface area contributed by atoms with Crippen molar-refractivity contribution in [3.05, 3.63) is 102 Å². The van der Waals surface area contributed by atoms with E-state index in [1.165, 1.54) is 4.90 Å². The fourth-order valence-corrected chi connectivity index (χ4v) is 4.38. The first-order valence-electron chi connectivity index (χ1n) is 11.0. The van der Waals surface area contributed by atoms with E-state index in [1.807, 2.05) is 54.6 Å². The lowest BCUT2D eigenvalue weighted by molar-refractivity contribution is 0.0926. The quantitative estimate of drug-likeness (QED) is 0.298. The predicted octanol–water partition coefficient (Wildman–Crippen LogP) is 6.10. The lowest BCUT2D eigenvalue weighted by Gasteiger charge is -2.14. The van der Waals surface area contributed by atoms with E-state index in [2.05, 4.69) is 9.97 Å². The smallest absolute Gasteiger partial charge is 0.266 e. The van der Waals surface area contributed by atoms with Crippen molar-refractivity contribution in [1.29, 1.82) is 0 Å². The highest BCUT2D eigenvalue weighted by molar-refractivity contribution is 6.34. The van der Waals surface area contributed by atoms with Crippen molar-refractivity contribution in [3.8, 4) is 22.9 Å². The Bertz CT molecular complexity index is 1750. The summed E-state index contributed by atoms with van der Waals surface area (Å²) in [6, 6.07) is 27.0. The highest BCUT2D eigenvalue weighted by Crippen LogP contribution is 2.34. The zero-order valence-electron chi connectivity index (χ0n) is 18.1. The molecule has 1 aliphatic rings. The van der Waals surface area contributed by atoms with Crippen molar-refractivity contribution in [3.63, 3.8) is 0 Å². The second kappa shape index (κ2) is 7.23. The van der Waals surface area contributed by atoms with Gasteiger partial charge in [0.05, 0.1) is 16.8 Å². The van der Waals surface area contributed by atoms with E-state index in [0.717, 1.165) is 11.0 Å². The fourth-order valence-electron chi connectivity index (χ4n) is 4.38. The molecule has 1 aliphatic heterocycles. The second-order valence-electron chi connectivity index (χ2n) is 8.23. The van der Waals surface area contributed by atoms with Crippen LogP contribution in [0.3, 0.4) is 0 Å². The molecule has 0 spiro atoms. The van der Waals surface area contributed by atoms with Crippen LogP contribution < -0.4 is 4.90 Å². The van der Waals surface area contributed by atoms with Crippen LogP contribution >= 0.6 is 0 Å². The summed E-state index contributed by atoms with van der Waals surface area (Å²) in [4.78, 5) is 36.8. The maximum Gasteiger partial charge on any atom is 0.266 e. The van der Waals surface area contributed by atoms with E-state index >= 15 is 0 Å². The molecule has 166 valence electrons. The second-order valence-corrected chi connectivity index (χ2v) is 8.23. The van der Waals surface area contributed by atoms with Crippen molar-refractivity contribution in [2.45, 2.75) is 0 Å². The van der Waals surface area contributed by atoms with Crippen LogP contribution in [0.4, 0.5) is 5.69 Å². The molecular weight excluding hydrogens is 442 g/mol. The first kappa shape index (κ1) is 19.4. The van der Waals surface area contributed by atoms with Crippen molar-refractivity contribution in [1.82, 2.24) is 9.97 Å². The van der Waals surface area contributed by atoms with Crippen LogP contribution in [0.5, 0.6) is 0 Å². The molecule has 7 rings (SSSR count). The molecule has 0 unspecified atom stereocenters. The molecule has 7 nitrogen and oxygen atoms in total. The Morgan fingerprint density at radius 1 is 0.571 bits per heavy atom. The third-order valence-electron chi connectivity index (χ3n) is 6.07. The first-order valence-corrected chi connectivity index (χ1v) is 11.0. The molecule has 7 heteroatoms. The number of anilines is 1. The minimum atomic E-state index is -0.405. The predicted molar refractivity (Wildman–Crippen MR) is 130 cm³/mol. The number of benzene rings is 4. The Labute approximate surface area is 198 Å². The zero-order chi connectivity index (χ0) is 23.5. The molecule has 4 aromatic carbocycles. The van der Waals surface area contributed by atoms with Gasteiger partial charge in [-0.2, -0.15) is 0 Å². The van der Waals surface area contributed by atoms with Crippen molar-refractivity contribution < 1.29 is 18.4 Å². The van der Waals surface area contributed by atoms with Crippen LogP contribution in [0.2, 0.25) is 0 Å². The van der Waals surface area contributed by atoms with Gasteiger partial charge in [-0.25, -0.2) is 14.9 Å².